The van der Waals surface area contributed by atoms with Gasteiger partial charge in [-0.2, -0.15) is 11.3 Å². The number of hydrogen-bond acceptors (Lipinski definition) is 4. The number of carbonyl (C=O) groups is 1. The van der Waals surface area contributed by atoms with E-state index >= 15 is 0 Å². The second-order valence-electron chi connectivity index (χ2n) is 7.12. The van der Waals surface area contributed by atoms with Crippen LogP contribution < -0.4 is 5.32 Å². The molecule has 2 aromatic heterocycles. The first-order valence-corrected chi connectivity index (χ1v) is 10.6. The van der Waals surface area contributed by atoms with Crippen LogP contribution in [-0.4, -0.2) is 30.4 Å². The molecule has 0 atom stereocenters. The van der Waals surface area contributed by atoms with Crippen molar-refractivity contribution in [1.82, 2.24) is 10.2 Å². The van der Waals surface area contributed by atoms with Gasteiger partial charge in [0.2, 0.25) is 5.91 Å². The number of nitrogens with zero attached hydrogens (tertiary/aromatic N) is 1. The van der Waals surface area contributed by atoms with Crippen molar-refractivity contribution in [2.24, 2.45) is 5.92 Å². The van der Waals surface area contributed by atoms with Crippen LogP contribution in [0, 0.1) is 5.92 Å². The number of likely N-dealkylation sites (tertiary alicyclic amines) is 1. The van der Waals surface area contributed by atoms with Gasteiger partial charge in [-0.3, -0.25) is 9.69 Å². The van der Waals surface area contributed by atoms with Crippen LogP contribution in [-0.2, 0) is 16.8 Å². The Bertz CT molecular complexity index is 654. The number of amides is 1. The Balaban J connectivity index is 1.22. The van der Waals surface area contributed by atoms with Gasteiger partial charge in [-0.05, 0) is 78.5 Å². The van der Waals surface area contributed by atoms with Crippen LogP contribution in [0.25, 0.3) is 0 Å². The summed E-state index contributed by atoms with van der Waals surface area (Å²) in [5.41, 5.74) is 1.24. The average molecular weight is 361 g/mol. The van der Waals surface area contributed by atoms with E-state index in [0.717, 1.165) is 39.0 Å². The number of piperidine rings is 1. The molecular formula is C19H24N2OS2. The van der Waals surface area contributed by atoms with Gasteiger partial charge in [0, 0.05) is 18.0 Å². The smallest absolute Gasteiger partial charge is 0.231 e. The number of carbonyl (C=O) groups excluding carboxylic acids is 1. The van der Waals surface area contributed by atoms with Gasteiger partial charge in [0.1, 0.15) is 0 Å². The summed E-state index contributed by atoms with van der Waals surface area (Å²) >= 11 is 3.49. The standard InChI is InChI=1S/C19H24N2OS2/c22-18(19(6-7-19)17-2-1-10-24-17)20-12-15-3-8-21(9-4-15)13-16-5-11-23-14-16/h1-2,5,10-11,14-15H,3-4,6-9,12-13H2,(H,20,22). The maximum Gasteiger partial charge on any atom is 0.231 e. The molecule has 0 unspecified atom stereocenters. The second kappa shape index (κ2) is 6.98. The molecule has 128 valence electrons. The second-order valence-corrected chi connectivity index (χ2v) is 8.85. The molecule has 24 heavy (non-hydrogen) atoms. The highest BCUT2D eigenvalue weighted by Crippen LogP contribution is 2.50. The largest absolute Gasteiger partial charge is 0.355 e. The summed E-state index contributed by atoms with van der Waals surface area (Å²) in [5, 5.41) is 9.72. The van der Waals surface area contributed by atoms with Gasteiger partial charge < -0.3 is 5.32 Å². The molecule has 1 saturated heterocycles. The Kier molecular flexibility index (Phi) is 4.74. The Morgan fingerprint density at radius 1 is 1.25 bits per heavy atom. The summed E-state index contributed by atoms with van der Waals surface area (Å²) in [5.74, 6) is 0.887. The van der Waals surface area contributed by atoms with Gasteiger partial charge in [0.05, 0.1) is 5.41 Å². The van der Waals surface area contributed by atoms with Crippen LogP contribution in [0.2, 0.25) is 0 Å². The summed E-state index contributed by atoms with van der Waals surface area (Å²) in [6, 6.07) is 6.38. The lowest BCUT2D eigenvalue weighted by Gasteiger charge is -2.32. The van der Waals surface area contributed by atoms with Gasteiger partial charge >= 0.3 is 0 Å². The van der Waals surface area contributed by atoms with Gasteiger partial charge in [-0.25, -0.2) is 0 Å². The molecule has 1 aliphatic heterocycles. The number of thiophene rings is 2. The predicted octanol–water partition coefficient (Wildman–Crippen LogP) is 3.87. The van der Waals surface area contributed by atoms with Gasteiger partial charge in [0.25, 0.3) is 0 Å². The van der Waals surface area contributed by atoms with Crippen LogP contribution in [0.5, 0.6) is 0 Å². The third-order valence-electron chi connectivity index (χ3n) is 5.42. The maximum absolute atomic E-state index is 12.6. The molecule has 1 N–H and O–H groups in total. The van der Waals surface area contributed by atoms with Crippen molar-refractivity contribution in [2.45, 2.75) is 37.6 Å². The lowest BCUT2D eigenvalue weighted by molar-refractivity contribution is -0.123. The fourth-order valence-electron chi connectivity index (χ4n) is 3.66. The molecule has 4 rings (SSSR count). The molecule has 3 nitrogen and oxygen atoms in total. The van der Waals surface area contributed by atoms with Crippen LogP contribution in [0.1, 0.15) is 36.1 Å². The van der Waals surface area contributed by atoms with Crippen molar-refractivity contribution in [2.75, 3.05) is 19.6 Å². The summed E-state index contributed by atoms with van der Waals surface area (Å²) in [6.07, 6.45) is 4.41. The van der Waals surface area contributed by atoms with E-state index in [-0.39, 0.29) is 11.3 Å². The zero-order valence-corrected chi connectivity index (χ0v) is 15.5. The lowest BCUT2D eigenvalue weighted by Crippen LogP contribution is -2.41. The van der Waals surface area contributed by atoms with E-state index in [1.54, 1.807) is 22.7 Å². The summed E-state index contributed by atoms with van der Waals surface area (Å²) in [4.78, 5) is 16.4. The monoisotopic (exact) mass is 360 g/mol. The molecular weight excluding hydrogens is 336 g/mol. The Labute approximate surface area is 151 Å². The minimum atomic E-state index is -0.187. The summed E-state index contributed by atoms with van der Waals surface area (Å²) in [6.45, 7) is 4.21. The van der Waals surface area contributed by atoms with Gasteiger partial charge in [-0.1, -0.05) is 6.07 Å². The molecule has 2 aliphatic rings. The van der Waals surface area contributed by atoms with E-state index in [1.807, 2.05) is 0 Å². The SMILES string of the molecule is O=C(NCC1CCN(Cc2ccsc2)CC1)C1(c2cccs2)CC1. The fraction of sp³-hybridized carbons (Fsp3) is 0.526. The van der Waals surface area contributed by atoms with Gasteiger partial charge in [0.15, 0.2) is 0 Å². The highest BCUT2D eigenvalue weighted by molar-refractivity contribution is 7.10. The lowest BCUT2D eigenvalue weighted by atomic mass is 9.95. The van der Waals surface area contributed by atoms with E-state index in [0.29, 0.717) is 5.92 Å². The van der Waals surface area contributed by atoms with Crippen molar-refractivity contribution in [3.63, 3.8) is 0 Å². The third kappa shape index (κ3) is 3.44. The summed E-state index contributed by atoms with van der Waals surface area (Å²) < 4.78 is 0. The highest BCUT2D eigenvalue weighted by atomic mass is 32.1. The van der Waals surface area contributed by atoms with E-state index in [4.69, 9.17) is 0 Å². The molecule has 0 radical (unpaired) electrons. The first-order chi connectivity index (χ1) is 11.8. The topological polar surface area (TPSA) is 32.3 Å². The van der Waals surface area contributed by atoms with Crippen LogP contribution in [0.3, 0.4) is 0 Å². The predicted molar refractivity (Wildman–Crippen MR) is 101 cm³/mol. The van der Waals surface area contributed by atoms with Crippen LogP contribution in [0.4, 0.5) is 0 Å². The normalized spacial score (nSPS) is 20.8. The zero-order chi connectivity index (χ0) is 16.4. The molecule has 1 saturated carbocycles. The fourth-order valence-corrected chi connectivity index (χ4v) is 5.30. The van der Waals surface area contributed by atoms with Crippen molar-refractivity contribution in [3.8, 4) is 0 Å². The molecule has 0 bridgehead atoms. The third-order valence-corrected chi connectivity index (χ3v) is 7.23. The van der Waals surface area contributed by atoms with Crippen LogP contribution in [0.15, 0.2) is 34.3 Å². The molecule has 2 aromatic rings. The van der Waals surface area contributed by atoms with Crippen LogP contribution >= 0.6 is 22.7 Å². The van der Waals surface area contributed by atoms with Crippen molar-refractivity contribution in [1.29, 1.82) is 0 Å². The molecule has 0 spiro atoms. The number of nitrogens with one attached hydrogen (secondary N) is 1. The average Bonchev–Trinajstić information content (AvgIpc) is 3.02. The summed E-state index contributed by atoms with van der Waals surface area (Å²) in [7, 11) is 0. The zero-order valence-electron chi connectivity index (χ0n) is 13.9. The molecule has 3 heterocycles. The highest BCUT2D eigenvalue weighted by Gasteiger charge is 2.52. The first kappa shape index (κ1) is 16.3. The van der Waals surface area contributed by atoms with E-state index in [1.165, 1.54) is 23.3 Å². The minimum Gasteiger partial charge on any atom is -0.355 e. The Hall–Kier alpha value is -1.17. The van der Waals surface area contributed by atoms with Crippen molar-refractivity contribution >= 4 is 28.6 Å². The van der Waals surface area contributed by atoms with E-state index in [2.05, 4.69) is 44.6 Å². The maximum atomic E-state index is 12.6. The van der Waals surface area contributed by atoms with Crippen molar-refractivity contribution < 1.29 is 4.79 Å². The molecule has 0 aromatic carbocycles. The molecule has 1 amide bonds. The quantitative estimate of drug-likeness (QED) is 0.848. The van der Waals surface area contributed by atoms with E-state index < -0.39 is 0 Å². The first-order valence-electron chi connectivity index (χ1n) is 8.82. The Morgan fingerprint density at radius 2 is 2.08 bits per heavy atom. The molecule has 1 aliphatic carbocycles. The van der Waals surface area contributed by atoms with E-state index in [9.17, 15) is 4.79 Å². The molecule has 5 heteroatoms. The minimum absolute atomic E-state index is 0.187. The Morgan fingerprint density at radius 3 is 2.71 bits per heavy atom. The number of hydrogen-bond donors (Lipinski definition) is 1. The molecule has 2 fully saturated rings. The number of rotatable bonds is 6. The van der Waals surface area contributed by atoms with Gasteiger partial charge in [-0.15, -0.1) is 11.3 Å². The van der Waals surface area contributed by atoms with Crippen molar-refractivity contribution in [3.05, 3.63) is 44.8 Å².